The summed E-state index contributed by atoms with van der Waals surface area (Å²) in [4.78, 5) is 22.5. The lowest BCUT2D eigenvalue weighted by atomic mass is 10.1. The van der Waals surface area contributed by atoms with E-state index in [-0.39, 0.29) is 5.91 Å². The number of para-hydroxylation sites is 3. The van der Waals surface area contributed by atoms with Gasteiger partial charge < -0.3 is 9.64 Å². The van der Waals surface area contributed by atoms with Crippen LogP contribution in [-0.2, 0) is 4.74 Å². The molecular weight excluding hydrogens is 432 g/mol. The van der Waals surface area contributed by atoms with E-state index in [0.29, 0.717) is 10.7 Å². The summed E-state index contributed by atoms with van der Waals surface area (Å²) in [6, 6.07) is 25.9. The zero-order chi connectivity index (χ0) is 22.5. The molecule has 7 heteroatoms. The summed E-state index contributed by atoms with van der Waals surface area (Å²) >= 11 is 1.48. The minimum atomic E-state index is -0.156. The number of rotatable bonds is 7. The Morgan fingerprint density at radius 2 is 1.70 bits per heavy atom. The number of carbonyl (C=O) groups excluding carboxylic acids is 1. The normalized spacial score (nSPS) is 14.3. The number of amides is 1. The molecule has 1 aliphatic rings. The fourth-order valence-corrected chi connectivity index (χ4v) is 4.91. The quantitative estimate of drug-likeness (QED) is 0.421. The van der Waals surface area contributed by atoms with E-state index in [4.69, 9.17) is 4.74 Å². The number of benzene rings is 3. The van der Waals surface area contributed by atoms with Crippen LogP contribution in [-0.4, -0.2) is 55.2 Å². The summed E-state index contributed by atoms with van der Waals surface area (Å²) in [5.74, 6) is -0.156. The predicted molar refractivity (Wildman–Crippen MR) is 135 cm³/mol. The summed E-state index contributed by atoms with van der Waals surface area (Å²) in [5, 5.41) is 3.62. The molecule has 1 aromatic heterocycles. The highest BCUT2D eigenvalue weighted by Gasteiger charge is 2.20. The van der Waals surface area contributed by atoms with Gasteiger partial charge in [0.1, 0.15) is 0 Å². The summed E-state index contributed by atoms with van der Waals surface area (Å²) < 4.78 is 6.54. The number of thiazole rings is 1. The van der Waals surface area contributed by atoms with Crippen molar-refractivity contribution in [3.63, 3.8) is 0 Å². The number of ether oxygens (including phenoxy) is 1. The molecule has 0 bridgehead atoms. The molecule has 33 heavy (non-hydrogen) atoms. The van der Waals surface area contributed by atoms with Crippen LogP contribution in [0, 0.1) is 0 Å². The van der Waals surface area contributed by atoms with Crippen LogP contribution >= 0.6 is 11.3 Å². The first-order chi connectivity index (χ1) is 16.3. The van der Waals surface area contributed by atoms with Crippen molar-refractivity contribution in [2.45, 2.75) is 0 Å². The van der Waals surface area contributed by atoms with Gasteiger partial charge in [-0.2, -0.15) is 0 Å². The largest absolute Gasteiger partial charge is 0.379 e. The number of nitrogens with one attached hydrogen (secondary N) is 1. The van der Waals surface area contributed by atoms with Gasteiger partial charge in [-0.25, -0.2) is 4.98 Å². The highest BCUT2D eigenvalue weighted by atomic mass is 32.1. The van der Waals surface area contributed by atoms with Gasteiger partial charge in [0.25, 0.3) is 5.91 Å². The molecule has 1 aliphatic heterocycles. The Bertz CT molecular complexity index is 1190. The predicted octanol–water partition coefficient (Wildman–Crippen LogP) is 5.02. The number of aromatic nitrogens is 1. The number of carbonyl (C=O) groups is 1. The SMILES string of the molecule is O=C(Nc1nc2ccccc2s1)c1ccccc1N(CCN1CCOCC1)c1ccccc1. The van der Waals surface area contributed by atoms with Crippen molar-refractivity contribution in [3.05, 3.63) is 84.4 Å². The molecule has 1 amide bonds. The number of morpholine rings is 1. The van der Waals surface area contributed by atoms with Crippen LogP contribution in [0.1, 0.15) is 10.4 Å². The molecule has 0 saturated carbocycles. The van der Waals surface area contributed by atoms with E-state index in [2.05, 4.69) is 32.2 Å². The molecule has 0 atom stereocenters. The van der Waals surface area contributed by atoms with Gasteiger partial charge in [0.05, 0.1) is 34.7 Å². The number of hydrogen-bond acceptors (Lipinski definition) is 6. The third-order valence-corrected chi connectivity index (χ3v) is 6.72. The maximum Gasteiger partial charge on any atom is 0.259 e. The molecule has 4 aromatic rings. The average Bonchev–Trinajstić information content (AvgIpc) is 3.28. The molecular formula is C26H26N4O2S. The van der Waals surface area contributed by atoms with E-state index in [9.17, 15) is 4.79 Å². The van der Waals surface area contributed by atoms with E-state index < -0.39 is 0 Å². The van der Waals surface area contributed by atoms with Gasteiger partial charge in [-0.05, 0) is 36.4 Å². The molecule has 0 aliphatic carbocycles. The van der Waals surface area contributed by atoms with Gasteiger partial charge in [-0.1, -0.05) is 53.8 Å². The number of anilines is 3. The topological polar surface area (TPSA) is 57.7 Å². The second-order valence-electron chi connectivity index (χ2n) is 7.90. The summed E-state index contributed by atoms with van der Waals surface area (Å²) in [5.41, 5.74) is 3.46. The molecule has 1 fully saturated rings. The van der Waals surface area contributed by atoms with Crippen molar-refractivity contribution >= 4 is 44.0 Å². The van der Waals surface area contributed by atoms with Crippen molar-refractivity contribution in [3.8, 4) is 0 Å². The highest BCUT2D eigenvalue weighted by molar-refractivity contribution is 7.22. The number of hydrogen-bond donors (Lipinski definition) is 1. The van der Waals surface area contributed by atoms with Gasteiger partial charge >= 0.3 is 0 Å². The molecule has 5 rings (SSSR count). The van der Waals surface area contributed by atoms with Gasteiger partial charge in [0.15, 0.2) is 5.13 Å². The van der Waals surface area contributed by atoms with Gasteiger partial charge in [-0.3, -0.25) is 15.0 Å². The maximum absolute atomic E-state index is 13.4. The second-order valence-corrected chi connectivity index (χ2v) is 8.93. The van der Waals surface area contributed by atoms with Crippen molar-refractivity contribution in [1.82, 2.24) is 9.88 Å². The Hall–Kier alpha value is -3.26. The molecule has 168 valence electrons. The van der Waals surface area contributed by atoms with Gasteiger partial charge in [0.2, 0.25) is 0 Å². The Morgan fingerprint density at radius 3 is 2.52 bits per heavy atom. The number of fused-ring (bicyclic) bond motifs is 1. The molecule has 0 radical (unpaired) electrons. The first-order valence-corrected chi connectivity index (χ1v) is 12.0. The lowest BCUT2D eigenvalue weighted by Crippen LogP contribution is -2.40. The molecule has 2 heterocycles. The first-order valence-electron chi connectivity index (χ1n) is 11.2. The fraction of sp³-hybridized carbons (Fsp3) is 0.231. The standard InChI is InChI=1S/C26H26N4O2S/c31-25(28-26-27-22-11-5-7-13-24(22)33-26)21-10-4-6-12-23(21)30(20-8-2-1-3-9-20)15-14-29-16-18-32-19-17-29/h1-13H,14-19H2,(H,27,28,31). The second kappa shape index (κ2) is 10.1. The van der Waals surface area contributed by atoms with E-state index in [1.807, 2.05) is 66.7 Å². The molecule has 1 N–H and O–H groups in total. The minimum absolute atomic E-state index is 0.156. The van der Waals surface area contributed by atoms with Crippen LogP contribution in [0.3, 0.4) is 0 Å². The first kappa shape index (κ1) is 21.6. The Labute approximate surface area is 197 Å². The number of nitrogens with zero attached hydrogens (tertiary/aromatic N) is 3. The lowest BCUT2D eigenvalue weighted by Gasteiger charge is -2.32. The monoisotopic (exact) mass is 458 g/mol. The van der Waals surface area contributed by atoms with Crippen molar-refractivity contribution in [1.29, 1.82) is 0 Å². The van der Waals surface area contributed by atoms with Crippen LogP contribution in [0.4, 0.5) is 16.5 Å². The third-order valence-electron chi connectivity index (χ3n) is 5.77. The van der Waals surface area contributed by atoms with E-state index in [0.717, 1.165) is 61.0 Å². The fourth-order valence-electron chi connectivity index (χ4n) is 4.05. The van der Waals surface area contributed by atoms with Crippen molar-refractivity contribution in [2.24, 2.45) is 0 Å². The third kappa shape index (κ3) is 5.06. The summed E-state index contributed by atoms with van der Waals surface area (Å²) in [6.07, 6.45) is 0. The van der Waals surface area contributed by atoms with Gasteiger partial charge in [0, 0.05) is 31.9 Å². The van der Waals surface area contributed by atoms with Crippen molar-refractivity contribution in [2.75, 3.05) is 49.6 Å². The minimum Gasteiger partial charge on any atom is -0.379 e. The zero-order valence-corrected chi connectivity index (χ0v) is 19.1. The van der Waals surface area contributed by atoms with E-state index in [1.54, 1.807) is 0 Å². The van der Waals surface area contributed by atoms with Crippen LogP contribution in [0.5, 0.6) is 0 Å². The molecule has 6 nitrogen and oxygen atoms in total. The highest BCUT2D eigenvalue weighted by Crippen LogP contribution is 2.30. The Balaban J connectivity index is 1.42. The van der Waals surface area contributed by atoms with Gasteiger partial charge in [-0.15, -0.1) is 0 Å². The maximum atomic E-state index is 13.4. The molecule has 3 aromatic carbocycles. The Kier molecular flexibility index (Phi) is 6.62. The average molecular weight is 459 g/mol. The molecule has 0 spiro atoms. The van der Waals surface area contributed by atoms with Crippen LogP contribution in [0.2, 0.25) is 0 Å². The van der Waals surface area contributed by atoms with Crippen molar-refractivity contribution < 1.29 is 9.53 Å². The Morgan fingerprint density at radius 1 is 0.970 bits per heavy atom. The van der Waals surface area contributed by atoms with E-state index in [1.165, 1.54) is 11.3 Å². The van der Waals surface area contributed by atoms with Crippen LogP contribution < -0.4 is 10.2 Å². The lowest BCUT2D eigenvalue weighted by molar-refractivity contribution is 0.0394. The van der Waals surface area contributed by atoms with Crippen LogP contribution in [0.25, 0.3) is 10.2 Å². The summed E-state index contributed by atoms with van der Waals surface area (Å²) in [7, 11) is 0. The summed E-state index contributed by atoms with van der Waals surface area (Å²) in [6.45, 7) is 5.07. The molecule has 1 saturated heterocycles. The smallest absolute Gasteiger partial charge is 0.259 e. The zero-order valence-electron chi connectivity index (χ0n) is 18.3. The van der Waals surface area contributed by atoms with E-state index >= 15 is 0 Å². The van der Waals surface area contributed by atoms with Crippen LogP contribution in [0.15, 0.2) is 78.9 Å². The molecule has 0 unspecified atom stereocenters.